The van der Waals surface area contributed by atoms with Gasteiger partial charge in [0.15, 0.2) is 0 Å². The van der Waals surface area contributed by atoms with Crippen LogP contribution in [0.4, 0.5) is 5.69 Å². The van der Waals surface area contributed by atoms with Gasteiger partial charge < -0.3 is 15.0 Å². The van der Waals surface area contributed by atoms with Gasteiger partial charge in [0.05, 0.1) is 7.11 Å². The Kier molecular flexibility index (Phi) is 5.94. The lowest BCUT2D eigenvalue weighted by Crippen LogP contribution is -2.23. The number of anilines is 1. The van der Waals surface area contributed by atoms with Crippen LogP contribution >= 0.6 is 0 Å². The molecule has 0 atom stereocenters. The second-order valence-electron chi connectivity index (χ2n) is 6.49. The van der Waals surface area contributed by atoms with Gasteiger partial charge in [-0.15, -0.1) is 0 Å². The van der Waals surface area contributed by atoms with Gasteiger partial charge in [0.25, 0.3) is 0 Å². The Morgan fingerprint density at radius 3 is 2.28 bits per heavy atom. The first-order chi connectivity index (χ1) is 12.2. The second-order valence-corrected chi connectivity index (χ2v) is 6.49. The third-order valence-corrected chi connectivity index (χ3v) is 4.70. The summed E-state index contributed by atoms with van der Waals surface area (Å²) in [4.78, 5) is 14.5. The van der Waals surface area contributed by atoms with E-state index in [-0.39, 0.29) is 5.91 Å². The summed E-state index contributed by atoms with van der Waals surface area (Å²) in [5, 5.41) is 3.00. The molecule has 1 heterocycles. The van der Waals surface area contributed by atoms with Crippen molar-refractivity contribution in [3.63, 3.8) is 0 Å². The van der Waals surface area contributed by atoms with Gasteiger partial charge in [-0.1, -0.05) is 24.3 Å². The smallest absolute Gasteiger partial charge is 0.220 e. The molecule has 0 bridgehead atoms. The number of carbonyl (C=O) groups is 1. The van der Waals surface area contributed by atoms with E-state index in [2.05, 4.69) is 34.5 Å². The molecule has 3 rings (SSSR count). The van der Waals surface area contributed by atoms with Crippen molar-refractivity contribution in [2.45, 2.75) is 32.2 Å². The maximum atomic E-state index is 12.0. The first kappa shape index (κ1) is 17.3. The van der Waals surface area contributed by atoms with Crippen molar-refractivity contribution in [3.8, 4) is 5.75 Å². The van der Waals surface area contributed by atoms with Crippen LogP contribution in [0.25, 0.3) is 0 Å². The number of ether oxygens (including phenoxy) is 1. The van der Waals surface area contributed by atoms with Gasteiger partial charge in [-0.25, -0.2) is 0 Å². The Balaban J connectivity index is 1.42. The first-order valence-electron chi connectivity index (χ1n) is 8.98. The van der Waals surface area contributed by atoms with Crippen molar-refractivity contribution in [2.24, 2.45) is 0 Å². The van der Waals surface area contributed by atoms with E-state index in [1.165, 1.54) is 18.5 Å². The lowest BCUT2D eigenvalue weighted by atomic mass is 10.1. The zero-order valence-corrected chi connectivity index (χ0v) is 14.8. The number of nitrogens with zero attached hydrogens (tertiary/aromatic N) is 1. The van der Waals surface area contributed by atoms with Crippen LogP contribution in [0.1, 0.15) is 30.4 Å². The maximum Gasteiger partial charge on any atom is 0.220 e. The molecule has 2 aromatic rings. The summed E-state index contributed by atoms with van der Waals surface area (Å²) in [7, 11) is 1.65. The molecule has 0 aliphatic carbocycles. The molecule has 0 saturated carbocycles. The number of methoxy groups -OCH3 is 1. The number of hydrogen-bond donors (Lipinski definition) is 1. The minimum absolute atomic E-state index is 0.0828. The number of nitrogens with one attached hydrogen (secondary N) is 1. The average Bonchev–Trinajstić information content (AvgIpc) is 3.20. The molecule has 0 radical (unpaired) electrons. The molecule has 0 aromatic heterocycles. The van der Waals surface area contributed by atoms with E-state index in [4.69, 9.17) is 4.74 Å². The van der Waals surface area contributed by atoms with E-state index < -0.39 is 0 Å². The number of amides is 1. The summed E-state index contributed by atoms with van der Waals surface area (Å²) in [5.74, 6) is 0.921. The normalized spacial score (nSPS) is 13.7. The first-order valence-corrected chi connectivity index (χ1v) is 8.98. The van der Waals surface area contributed by atoms with Crippen LogP contribution in [-0.2, 0) is 17.8 Å². The Labute approximate surface area is 149 Å². The van der Waals surface area contributed by atoms with Crippen molar-refractivity contribution in [1.29, 1.82) is 0 Å². The summed E-state index contributed by atoms with van der Waals surface area (Å²) in [6, 6.07) is 16.4. The molecule has 132 valence electrons. The molecule has 1 aliphatic rings. The highest BCUT2D eigenvalue weighted by Gasteiger charge is 2.11. The monoisotopic (exact) mass is 338 g/mol. The van der Waals surface area contributed by atoms with Crippen LogP contribution in [-0.4, -0.2) is 26.1 Å². The average molecular weight is 338 g/mol. The molecule has 1 N–H and O–H groups in total. The van der Waals surface area contributed by atoms with E-state index in [9.17, 15) is 4.79 Å². The summed E-state index contributed by atoms with van der Waals surface area (Å²) in [6.45, 7) is 2.89. The minimum Gasteiger partial charge on any atom is -0.497 e. The number of benzene rings is 2. The Bertz CT molecular complexity index is 674. The highest BCUT2D eigenvalue weighted by Crippen LogP contribution is 2.20. The quantitative estimate of drug-likeness (QED) is 0.839. The molecule has 2 aromatic carbocycles. The standard InChI is InChI=1S/C21H26N2O2/c1-25-20-11-6-17(7-12-20)8-13-21(24)22-16-18-4-9-19(10-5-18)23-14-2-3-15-23/h4-7,9-12H,2-3,8,13-16H2,1H3,(H,22,24). The fourth-order valence-electron chi connectivity index (χ4n) is 3.14. The number of carbonyl (C=O) groups excluding carboxylic acids is 1. The summed E-state index contributed by atoms with van der Waals surface area (Å²) < 4.78 is 5.14. The second kappa shape index (κ2) is 8.56. The van der Waals surface area contributed by atoms with Crippen molar-refractivity contribution in [1.82, 2.24) is 5.32 Å². The molecule has 0 unspecified atom stereocenters. The third kappa shape index (κ3) is 4.99. The topological polar surface area (TPSA) is 41.6 Å². The molecule has 1 fully saturated rings. The molecular formula is C21H26N2O2. The zero-order chi connectivity index (χ0) is 17.5. The van der Waals surface area contributed by atoms with E-state index in [1.54, 1.807) is 7.11 Å². The summed E-state index contributed by atoms with van der Waals surface area (Å²) in [5.41, 5.74) is 3.57. The Morgan fingerprint density at radius 2 is 1.64 bits per heavy atom. The van der Waals surface area contributed by atoms with Gasteiger partial charge in [0.1, 0.15) is 5.75 Å². The molecule has 1 aliphatic heterocycles. The van der Waals surface area contributed by atoms with Crippen LogP contribution in [0, 0.1) is 0 Å². The van der Waals surface area contributed by atoms with Crippen molar-refractivity contribution >= 4 is 11.6 Å². The largest absolute Gasteiger partial charge is 0.497 e. The van der Waals surface area contributed by atoms with E-state index in [0.717, 1.165) is 36.4 Å². The van der Waals surface area contributed by atoms with Gasteiger partial charge in [-0.2, -0.15) is 0 Å². The highest BCUT2D eigenvalue weighted by atomic mass is 16.5. The molecule has 4 heteroatoms. The highest BCUT2D eigenvalue weighted by molar-refractivity contribution is 5.76. The van der Waals surface area contributed by atoms with Gasteiger partial charge in [-0.3, -0.25) is 4.79 Å². The number of rotatable bonds is 7. The Hall–Kier alpha value is -2.49. The lowest BCUT2D eigenvalue weighted by Gasteiger charge is -2.17. The van der Waals surface area contributed by atoms with Gasteiger partial charge in [0.2, 0.25) is 5.91 Å². The van der Waals surface area contributed by atoms with Crippen LogP contribution in [0.3, 0.4) is 0 Å². The zero-order valence-electron chi connectivity index (χ0n) is 14.8. The van der Waals surface area contributed by atoms with Crippen LogP contribution in [0.15, 0.2) is 48.5 Å². The van der Waals surface area contributed by atoms with Gasteiger partial charge in [0, 0.05) is 31.7 Å². The van der Waals surface area contributed by atoms with E-state index in [1.807, 2.05) is 24.3 Å². The van der Waals surface area contributed by atoms with E-state index >= 15 is 0 Å². The van der Waals surface area contributed by atoms with Crippen LogP contribution in [0.2, 0.25) is 0 Å². The third-order valence-electron chi connectivity index (χ3n) is 4.70. The lowest BCUT2D eigenvalue weighted by molar-refractivity contribution is -0.121. The molecular weight excluding hydrogens is 312 g/mol. The fraction of sp³-hybridized carbons (Fsp3) is 0.381. The van der Waals surface area contributed by atoms with Crippen molar-refractivity contribution < 1.29 is 9.53 Å². The molecule has 0 spiro atoms. The maximum absolute atomic E-state index is 12.0. The van der Waals surface area contributed by atoms with Crippen LogP contribution in [0.5, 0.6) is 5.75 Å². The number of aryl methyl sites for hydroxylation is 1. The minimum atomic E-state index is 0.0828. The summed E-state index contributed by atoms with van der Waals surface area (Å²) in [6.07, 6.45) is 3.81. The van der Waals surface area contributed by atoms with Gasteiger partial charge in [-0.05, 0) is 54.7 Å². The Morgan fingerprint density at radius 1 is 1.00 bits per heavy atom. The predicted molar refractivity (Wildman–Crippen MR) is 101 cm³/mol. The molecule has 25 heavy (non-hydrogen) atoms. The SMILES string of the molecule is COc1ccc(CCC(=O)NCc2ccc(N3CCCC3)cc2)cc1. The van der Waals surface area contributed by atoms with Gasteiger partial charge >= 0.3 is 0 Å². The summed E-state index contributed by atoms with van der Waals surface area (Å²) >= 11 is 0. The fourth-order valence-corrected chi connectivity index (χ4v) is 3.14. The molecule has 4 nitrogen and oxygen atoms in total. The van der Waals surface area contributed by atoms with Crippen molar-refractivity contribution in [3.05, 3.63) is 59.7 Å². The molecule has 1 amide bonds. The molecule has 1 saturated heterocycles. The van der Waals surface area contributed by atoms with Crippen molar-refractivity contribution in [2.75, 3.05) is 25.1 Å². The van der Waals surface area contributed by atoms with Crippen LogP contribution < -0.4 is 15.0 Å². The van der Waals surface area contributed by atoms with E-state index in [0.29, 0.717) is 13.0 Å². The number of hydrogen-bond acceptors (Lipinski definition) is 3. The predicted octanol–water partition coefficient (Wildman–Crippen LogP) is 3.54.